The summed E-state index contributed by atoms with van der Waals surface area (Å²) < 4.78 is 10.1. The van der Waals surface area contributed by atoms with E-state index in [0.717, 1.165) is 11.7 Å². The van der Waals surface area contributed by atoms with Gasteiger partial charge < -0.3 is 9.47 Å². The summed E-state index contributed by atoms with van der Waals surface area (Å²) in [5, 5.41) is 9.19. The number of fused-ring (bicyclic) bond motifs is 1. The number of carbonyl (C=O) groups is 1. The molecule has 2 aromatic heterocycles. The third-order valence-corrected chi connectivity index (χ3v) is 4.82. The van der Waals surface area contributed by atoms with Crippen molar-refractivity contribution >= 4 is 40.8 Å². The fourth-order valence-corrected chi connectivity index (χ4v) is 3.52. The molecule has 3 heterocycles. The zero-order valence-electron chi connectivity index (χ0n) is 12.2. The summed E-state index contributed by atoms with van der Waals surface area (Å²) in [6.45, 7) is 1.49. The predicted octanol–water partition coefficient (Wildman–Crippen LogP) is 2.76. The Morgan fingerprint density at radius 2 is 2.08 bits per heavy atom. The summed E-state index contributed by atoms with van der Waals surface area (Å²) in [5.74, 6) is 1.24. The molecular formula is C14H10Cl2N6OS. The molecule has 1 aliphatic rings. The van der Waals surface area contributed by atoms with Gasteiger partial charge in [0.2, 0.25) is 0 Å². The number of rotatable bonds is 2. The maximum Gasteiger partial charge on any atom is 0.255 e. The Bertz CT molecular complexity index is 910. The van der Waals surface area contributed by atoms with Crippen LogP contribution in [0.3, 0.4) is 0 Å². The van der Waals surface area contributed by atoms with Crippen molar-refractivity contribution in [2.24, 2.45) is 0 Å². The van der Waals surface area contributed by atoms with Gasteiger partial charge in [-0.15, -0.1) is 10.2 Å². The van der Waals surface area contributed by atoms with Crippen LogP contribution in [0.15, 0.2) is 24.4 Å². The molecule has 7 nitrogen and oxygen atoms in total. The van der Waals surface area contributed by atoms with Gasteiger partial charge in [-0.1, -0.05) is 23.2 Å². The number of hydrogen-bond acceptors (Lipinski definition) is 6. The van der Waals surface area contributed by atoms with E-state index in [1.54, 1.807) is 29.3 Å². The lowest BCUT2D eigenvalue weighted by atomic mass is 10.2. The number of amides is 1. The second-order valence-corrected chi connectivity index (χ2v) is 6.64. The van der Waals surface area contributed by atoms with Crippen LogP contribution in [0.2, 0.25) is 10.0 Å². The summed E-state index contributed by atoms with van der Waals surface area (Å²) in [5.41, 5.74) is 1.12. The molecule has 0 atom stereocenters. The molecule has 3 aromatic rings. The van der Waals surface area contributed by atoms with E-state index < -0.39 is 0 Å². The van der Waals surface area contributed by atoms with Crippen LogP contribution in [0.1, 0.15) is 16.2 Å². The summed E-state index contributed by atoms with van der Waals surface area (Å²) in [6, 6.07) is 4.86. The van der Waals surface area contributed by atoms with Crippen LogP contribution in [0.25, 0.3) is 11.5 Å². The monoisotopic (exact) mass is 380 g/mol. The fraction of sp³-hybridized carbons (Fsp3) is 0.214. The quantitative estimate of drug-likeness (QED) is 0.682. The van der Waals surface area contributed by atoms with Gasteiger partial charge in [-0.05, 0) is 18.2 Å². The number of nitrogens with zero attached hydrogens (tertiary/aromatic N) is 6. The molecule has 0 spiro atoms. The van der Waals surface area contributed by atoms with Crippen LogP contribution in [-0.4, -0.2) is 40.9 Å². The lowest BCUT2D eigenvalue weighted by Gasteiger charge is -2.28. The molecule has 0 saturated carbocycles. The normalized spacial score (nSPS) is 13.8. The maximum absolute atomic E-state index is 12.7. The van der Waals surface area contributed by atoms with E-state index in [0.29, 0.717) is 52.6 Å². The van der Waals surface area contributed by atoms with Crippen LogP contribution in [0.5, 0.6) is 0 Å². The third-order valence-electron chi connectivity index (χ3n) is 3.79. The van der Waals surface area contributed by atoms with Gasteiger partial charge in [-0.3, -0.25) is 4.79 Å². The first-order valence-corrected chi connectivity index (χ1v) is 8.56. The standard InChI is InChI=1S/C14H10Cl2N6OS/c15-8-1-2-9(10(16)5-8)14(23)21-3-4-22-12(7-21)18-19-13(22)11-6-17-24-20-11/h1-2,5-6H,3-4,7H2. The van der Waals surface area contributed by atoms with Gasteiger partial charge in [0.15, 0.2) is 11.6 Å². The minimum Gasteiger partial charge on any atom is -0.329 e. The van der Waals surface area contributed by atoms with E-state index in [1.807, 2.05) is 4.57 Å². The highest BCUT2D eigenvalue weighted by Gasteiger charge is 2.27. The van der Waals surface area contributed by atoms with E-state index in [9.17, 15) is 4.79 Å². The lowest BCUT2D eigenvalue weighted by Crippen LogP contribution is -2.38. The van der Waals surface area contributed by atoms with E-state index in [2.05, 4.69) is 18.9 Å². The van der Waals surface area contributed by atoms with Gasteiger partial charge in [0, 0.05) is 18.1 Å². The van der Waals surface area contributed by atoms with Crippen LogP contribution in [-0.2, 0) is 13.1 Å². The molecular weight excluding hydrogens is 371 g/mol. The molecule has 24 heavy (non-hydrogen) atoms. The zero-order chi connectivity index (χ0) is 16.7. The highest BCUT2D eigenvalue weighted by atomic mass is 35.5. The predicted molar refractivity (Wildman–Crippen MR) is 90.1 cm³/mol. The first kappa shape index (κ1) is 15.5. The number of halogens is 2. The van der Waals surface area contributed by atoms with Gasteiger partial charge in [0.1, 0.15) is 5.69 Å². The average molecular weight is 381 g/mol. The van der Waals surface area contributed by atoms with Crippen molar-refractivity contribution in [2.45, 2.75) is 13.1 Å². The van der Waals surface area contributed by atoms with E-state index in [4.69, 9.17) is 23.2 Å². The molecule has 0 saturated heterocycles. The van der Waals surface area contributed by atoms with E-state index in [1.165, 1.54) is 0 Å². The third kappa shape index (κ3) is 2.66. The SMILES string of the molecule is O=C(c1ccc(Cl)cc1Cl)N1CCn2c(nnc2-c2cnsn2)C1. The summed E-state index contributed by atoms with van der Waals surface area (Å²) in [6.07, 6.45) is 1.66. The van der Waals surface area contributed by atoms with E-state index in [-0.39, 0.29) is 5.91 Å². The molecule has 0 unspecified atom stereocenters. The molecule has 0 bridgehead atoms. The summed E-state index contributed by atoms with van der Waals surface area (Å²) >= 11 is 13.1. The number of carbonyl (C=O) groups excluding carboxylic acids is 1. The zero-order valence-corrected chi connectivity index (χ0v) is 14.5. The van der Waals surface area contributed by atoms with Crippen molar-refractivity contribution in [2.75, 3.05) is 6.54 Å². The van der Waals surface area contributed by atoms with Crippen molar-refractivity contribution in [3.63, 3.8) is 0 Å². The largest absolute Gasteiger partial charge is 0.329 e. The molecule has 1 aliphatic heterocycles. The van der Waals surface area contributed by atoms with Gasteiger partial charge in [-0.2, -0.15) is 8.75 Å². The maximum atomic E-state index is 12.7. The number of aromatic nitrogens is 5. The van der Waals surface area contributed by atoms with Crippen LogP contribution < -0.4 is 0 Å². The first-order chi connectivity index (χ1) is 11.6. The van der Waals surface area contributed by atoms with Crippen molar-refractivity contribution in [1.29, 1.82) is 0 Å². The molecule has 0 fully saturated rings. The molecule has 1 aromatic carbocycles. The molecule has 0 radical (unpaired) electrons. The van der Waals surface area contributed by atoms with Crippen LogP contribution in [0.4, 0.5) is 0 Å². The Kier molecular flexibility index (Phi) is 3.95. The minimum absolute atomic E-state index is 0.150. The second-order valence-electron chi connectivity index (χ2n) is 5.24. The average Bonchev–Trinajstić information content (AvgIpc) is 3.22. The minimum atomic E-state index is -0.150. The van der Waals surface area contributed by atoms with Crippen molar-refractivity contribution < 1.29 is 4.79 Å². The smallest absolute Gasteiger partial charge is 0.255 e. The highest BCUT2D eigenvalue weighted by molar-refractivity contribution is 6.99. The summed E-state index contributed by atoms with van der Waals surface area (Å²) in [4.78, 5) is 14.4. The van der Waals surface area contributed by atoms with E-state index >= 15 is 0 Å². The number of hydrogen-bond donors (Lipinski definition) is 0. The van der Waals surface area contributed by atoms with Crippen LogP contribution >= 0.6 is 34.9 Å². The Hall–Kier alpha value is -2.03. The van der Waals surface area contributed by atoms with Crippen molar-refractivity contribution in [3.05, 3.63) is 45.8 Å². The molecule has 1 amide bonds. The van der Waals surface area contributed by atoms with Crippen LogP contribution in [0, 0.1) is 0 Å². The Morgan fingerprint density at radius 3 is 2.83 bits per heavy atom. The number of benzene rings is 1. The van der Waals surface area contributed by atoms with Crippen molar-refractivity contribution in [3.8, 4) is 11.5 Å². The fourth-order valence-electron chi connectivity index (χ4n) is 2.62. The van der Waals surface area contributed by atoms with Crippen molar-refractivity contribution in [1.82, 2.24) is 28.4 Å². The molecule has 4 rings (SSSR count). The topological polar surface area (TPSA) is 76.8 Å². The highest BCUT2D eigenvalue weighted by Crippen LogP contribution is 2.25. The Balaban J connectivity index is 1.60. The molecule has 10 heteroatoms. The molecule has 0 aliphatic carbocycles. The second kappa shape index (κ2) is 6.12. The lowest BCUT2D eigenvalue weighted by molar-refractivity contribution is 0.0708. The molecule has 122 valence electrons. The Morgan fingerprint density at radius 1 is 1.21 bits per heavy atom. The van der Waals surface area contributed by atoms with Gasteiger partial charge in [0.05, 0.1) is 35.1 Å². The van der Waals surface area contributed by atoms with Gasteiger partial charge in [0.25, 0.3) is 5.91 Å². The molecule has 0 N–H and O–H groups in total. The summed E-state index contributed by atoms with van der Waals surface area (Å²) in [7, 11) is 0. The van der Waals surface area contributed by atoms with Gasteiger partial charge in [-0.25, -0.2) is 0 Å². The Labute approximate surface area is 151 Å². The van der Waals surface area contributed by atoms with Gasteiger partial charge >= 0.3 is 0 Å². The first-order valence-electron chi connectivity index (χ1n) is 7.08.